The maximum absolute atomic E-state index is 13.7. The molecular weight excluding hydrogens is 288 g/mol. The summed E-state index contributed by atoms with van der Waals surface area (Å²) in [6.07, 6.45) is -3.72. The van der Waals surface area contributed by atoms with Crippen LogP contribution in [0, 0.1) is 5.82 Å². The summed E-state index contributed by atoms with van der Waals surface area (Å²) in [5, 5.41) is 0. The van der Waals surface area contributed by atoms with E-state index < -0.39 is 24.6 Å². The number of benzene rings is 1. The van der Waals surface area contributed by atoms with Crippen molar-refractivity contribution >= 4 is 11.4 Å². The van der Waals surface area contributed by atoms with Crippen LogP contribution >= 0.6 is 0 Å². The minimum absolute atomic E-state index is 0.0469. The van der Waals surface area contributed by atoms with Crippen molar-refractivity contribution in [1.82, 2.24) is 0 Å². The van der Waals surface area contributed by atoms with Gasteiger partial charge in [-0.05, 0) is 20.3 Å². The van der Waals surface area contributed by atoms with Gasteiger partial charge in [0.25, 0.3) is 0 Å². The lowest BCUT2D eigenvalue weighted by Gasteiger charge is -2.31. The van der Waals surface area contributed by atoms with E-state index in [1.54, 1.807) is 13.8 Å². The maximum Gasteiger partial charge on any atom is 0.405 e. The molecule has 1 aromatic carbocycles. The van der Waals surface area contributed by atoms with E-state index in [1.165, 1.54) is 6.07 Å². The van der Waals surface area contributed by atoms with E-state index in [1.807, 2.05) is 6.92 Å². The Kier molecular flexibility index (Phi) is 5.69. The Morgan fingerprint density at radius 3 is 2.38 bits per heavy atom. The van der Waals surface area contributed by atoms with Gasteiger partial charge in [-0.3, -0.25) is 0 Å². The van der Waals surface area contributed by atoms with Crippen LogP contribution in [0.3, 0.4) is 0 Å². The zero-order chi connectivity index (χ0) is 16.2. The third-order valence-corrected chi connectivity index (χ3v) is 2.83. The van der Waals surface area contributed by atoms with Gasteiger partial charge in [0, 0.05) is 18.2 Å². The molecule has 0 heterocycles. The Balaban J connectivity index is 3.18. The van der Waals surface area contributed by atoms with Crippen molar-refractivity contribution in [2.75, 3.05) is 23.8 Å². The monoisotopic (exact) mass is 308 g/mol. The number of ether oxygens (including phenoxy) is 1. The highest BCUT2D eigenvalue weighted by Crippen LogP contribution is 2.34. The second-order valence-electron chi connectivity index (χ2n) is 5.03. The molecule has 0 aliphatic carbocycles. The Labute approximate surface area is 121 Å². The summed E-state index contributed by atoms with van der Waals surface area (Å²) in [4.78, 5) is 1.08. The fourth-order valence-corrected chi connectivity index (χ4v) is 1.87. The number of hydrogen-bond acceptors (Lipinski definition) is 3. The van der Waals surface area contributed by atoms with Crippen molar-refractivity contribution in [2.45, 2.75) is 39.4 Å². The first-order valence-electron chi connectivity index (χ1n) is 6.71. The molecule has 7 heteroatoms. The average molecular weight is 308 g/mol. The number of anilines is 2. The van der Waals surface area contributed by atoms with Crippen LogP contribution in [0.15, 0.2) is 12.1 Å². The number of rotatable bonds is 6. The summed E-state index contributed by atoms with van der Waals surface area (Å²) in [6, 6.07) is 1.77. The number of alkyl halides is 3. The molecule has 0 saturated carbocycles. The summed E-state index contributed by atoms with van der Waals surface area (Å²) in [5.41, 5.74) is 5.75. The van der Waals surface area contributed by atoms with Crippen molar-refractivity contribution < 1.29 is 22.3 Å². The number of hydrogen-bond donors (Lipinski definition) is 1. The lowest BCUT2D eigenvalue weighted by molar-refractivity contribution is -0.120. The van der Waals surface area contributed by atoms with Gasteiger partial charge in [0.2, 0.25) is 0 Å². The van der Waals surface area contributed by atoms with Gasteiger partial charge < -0.3 is 15.4 Å². The zero-order valence-corrected chi connectivity index (χ0v) is 12.3. The molecule has 0 spiro atoms. The Morgan fingerprint density at radius 1 is 1.29 bits per heavy atom. The van der Waals surface area contributed by atoms with Crippen LogP contribution in [-0.4, -0.2) is 25.4 Å². The molecule has 21 heavy (non-hydrogen) atoms. The molecule has 0 aromatic heterocycles. The SMILES string of the molecule is CCCOc1cc(N(CC(F)(F)F)C(C)C)c(N)cc1F. The first-order valence-corrected chi connectivity index (χ1v) is 6.71. The van der Waals surface area contributed by atoms with E-state index in [-0.39, 0.29) is 23.7 Å². The second-order valence-corrected chi connectivity index (χ2v) is 5.03. The van der Waals surface area contributed by atoms with Crippen LogP contribution in [0.25, 0.3) is 0 Å². The molecule has 1 rings (SSSR count). The predicted octanol–water partition coefficient (Wildman–Crippen LogP) is 3.97. The number of nitrogen functional groups attached to an aromatic ring is 1. The van der Waals surface area contributed by atoms with Crippen molar-refractivity contribution in [3.8, 4) is 5.75 Å². The molecule has 0 fully saturated rings. The molecule has 0 aliphatic rings. The first-order chi connectivity index (χ1) is 9.65. The van der Waals surface area contributed by atoms with Gasteiger partial charge >= 0.3 is 6.18 Å². The third kappa shape index (κ3) is 4.99. The fraction of sp³-hybridized carbons (Fsp3) is 0.571. The first kappa shape index (κ1) is 17.4. The molecule has 0 unspecified atom stereocenters. The van der Waals surface area contributed by atoms with Gasteiger partial charge in [0.15, 0.2) is 11.6 Å². The van der Waals surface area contributed by atoms with Gasteiger partial charge in [0.05, 0.1) is 18.0 Å². The largest absolute Gasteiger partial charge is 0.490 e. The van der Waals surface area contributed by atoms with Crippen molar-refractivity contribution in [3.63, 3.8) is 0 Å². The van der Waals surface area contributed by atoms with E-state index in [4.69, 9.17) is 10.5 Å². The highest BCUT2D eigenvalue weighted by Gasteiger charge is 2.33. The van der Waals surface area contributed by atoms with Crippen molar-refractivity contribution in [1.29, 1.82) is 0 Å². The highest BCUT2D eigenvalue weighted by atomic mass is 19.4. The van der Waals surface area contributed by atoms with Crippen molar-refractivity contribution in [2.24, 2.45) is 0 Å². The predicted molar refractivity (Wildman–Crippen MR) is 75.1 cm³/mol. The molecule has 0 bridgehead atoms. The van der Waals surface area contributed by atoms with Crippen LogP contribution in [0.2, 0.25) is 0 Å². The fourth-order valence-electron chi connectivity index (χ4n) is 1.87. The van der Waals surface area contributed by atoms with E-state index >= 15 is 0 Å². The topological polar surface area (TPSA) is 38.5 Å². The molecule has 0 amide bonds. The summed E-state index contributed by atoms with van der Waals surface area (Å²) in [5.74, 6) is -0.769. The summed E-state index contributed by atoms with van der Waals surface area (Å²) in [6.45, 7) is 4.19. The molecular formula is C14H20F4N2O. The molecule has 0 aliphatic heterocycles. The van der Waals surface area contributed by atoms with Gasteiger partial charge in [-0.25, -0.2) is 4.39 Å². The minimum atomic E-state index is -4.38. The lowest BCUT2D eigenvalue weighted by atomic mass is 10.2. The quantitative estimate of drug-likeness (QED) is 0.638. The Hall–Kier alpha value is -1.66. The maximum atomic E-state index is 13.7. The Morgan fingerprint density at radius 2 is 1.90 bits per heavy atom. The zero-order valence-electron chi connectivity index (χ0n) is 12.3. The van der Waals surface area contributed by atoms with E-state index in [9.17, 15) is 17.6 Å². The molecule has 0 saturated heterocycles. The molecule has 3 nitrogen and oxygen atoms in total. The normalized spacial score (nSPS) is 11.8. The average Bonchev–Trinajstić information content (AvgIpc) is 2.34. The standard InChI is InChI=1S/C14H20F4N2O/c1-4-5-21-13-7-12(11(19)6-10(13)15)20(9(2)3)8-14(16,17)18/h6-7,9H,4-5,8,19H2,1-3H3. The number of nitrogens with two attached hydrogens (primary N) is 1. The minimum Gasteiger partial charge on any atom is -0.490 e. The Bertz CT molecular complexity index is 475. The van der Waals surface area contributed by atoms with Gasteiger partial charge in [-0.15, -0.1) is 0 Å². The summed E-state index contributed by atoms with van der Waals surface area (Å²) >= 11 is 0. The highest BCUT2D eigenvalue weighted by molar-refractivity contribution is 5.70. The third-order valence-electron chi connectivity index (χ3n) is 2.83. The molecule has 0 radical (unpaired) electrons. The van der Waals surface area contributed by atoms with E-state index in [0.717, 1.165) is 11.0 Å². The molecule has 1 aromatic rings. The van der Waals surface area contributed by atoms with Crippen molar-refractivity contribution in [3.05, 3.63) is 17.9 Å². The van der Waals surface area contributed by atoms with Crippen LogP contribution in [-0.2, 0) is 0 Å². The second kappa shape index (κ2) is 6.87. The summed E-state index contributed by atoms with van der Waals surface area (Å²) < 4.78 is 56.9. The van der Waals surface area contributed by atoms with Crippen LogP contribution in [0.1, 0.15) is 27.2 Å². The van der Waals surface area contributed by atoms with E-state index in [2.05, 4.69) is 0 Å². The van der Waals surface area contributed by atoms with Crippen LogP contribution < -0.4 is 15.4 Å². The van der Waals surface area contributed by atoms with Gasteiger partial charge in [-0.2, -0.15) is 13.2 Å². The number of halogens is 4. The molecule has 2 N–H and O–H groups in total. The van der Waals surface area contributed by atoms with E-state index in [0.29, 0.717) is 6.42 Å². The van der Waals surface area contributed by atoms with Gasteiger partial charge in [-0.1, -0.05) is 6.92 Å². The van der Waals surface area contributed by atoms with Crippen LogP contribution in [0.5, 0.6) is 5.75 Å². The molecule has 0 atom stereocenters. The smallest absolute Gasteiger partial charge is 0.405 e. The summed E-state index contributed by atoms with van der Waals surface area (Å²) in [7, 11) is 0. The van der Waals surface area contributed by atoms with Gasteiger partial charge in [0.1, 0.15) is 6.54 Å². The van der Waals surface area contributed by atoms with Crippen LogP contribution in [0.4, 0.5) is 28.9 Å². The molecule has 120 valence electrons. The number of nitrogens with zero attached hydrogens (tertiary/aromatic N) is 1. The lowest BCUT2D eigenvalue weighted by Crippen LogP contribution is -2.39.